The minimum atomic E-state index is -1.16. The van der Waals surface area contributed by atoms with Gasteiger partial charge in [-0.15, -0.1) is 0 Å². The Bertz CT molecular complexity index is 976. The van der Waals surface area contributed by atoms with Crippen LogP contribution in [0.2, 0.25) is 0 Å². The predicted octanol–water partition coefficient (Wildman–Crippen LogP) is 6.29. The number of benzene rings is 3. The molecule has 3 heteroatoms. The molecular formula is C30H37NO2. The van der Waals surface area contributed by atoms with Gasteiger partial charge in [-0.1, -0.05) is 85.1 Å². The van der Waals surface area contributed by atoms with E-state index in [9.17, 15) is 5.11 Å². The van der Waals surface area contributed by atoms with Crippen LogP contribution in [0.3, 0.4) is 0 Å². The molecule has 1 saturated heterocycles. The average molecular weight is 444 g/mol. The average Bonchev–Trinajstić information content (AvgIpc) is 3.12. The lowest BCUT2D eigenvalue weighted by Gasteiger charge is -2.40. The zero-order chi connectivity index (χ0) is 23.1. The number of hydrogen-bond acceptors (Lipinski definition) is 3. The SMILES string of the molecule is CCOc1ccc(C(O)(c2ccc(C)cc2)C(CN2CCCCCC2)c2ccccc2)cc1. The van der Waals surface area contributed by atoms with Gasteiger partial charge in [0.2, 0.25) is 0 Å². The zero-order valence-corrected chi connectivity index (χ0v) is 20.0. The number of ether oxygens (including phenoxy) is 1. The number of likely N-dealkylation sites (tertiary alicyclic amines) is 1. The summed E-state index contributed by atoms with van der Waals surface area (Å²) < 4.78 is 5.69. The third-order valence-electron chi connectivity index (χ3n) is 6.94. The van der Waals surface area contributed by atoms with Crippen molar-refractivity contribution in [1.29, 1.82) is 0 Å². The van der Waals surface area contributed by atoms with E-state index < -0.39 is 5.60 Å². The van der Waals surface area contributed by atoms with Crippen LogP contribution in [-0.4, -0.2) is 36.2 Å². The van der Waals surface area contributed by atoms with Crippen molar-refractivity contribution < 1.29 is 9.84 Å². The quantitative estimate of drug-likeness (QED) is 0.444. The summed E-state index contributed by atoms with van der Waals surface area (Å²) in [6.45, 7) is 7.72. The number of hydrogen-bond donors (Lipinski definition) is 1. The molecule has 3 aromatic rings. The first-order valence-electron chi connectivity index (χ1n) is 12.4. The Morgan fingerprint density at radius 3 is 1.97 bits per heavy atom. The van der Waals surface area contributed by atoms with E-state index >= 15 is 0 Å². The lowest BCUT2D eigenvalue weighted by atomic mass is 9.72. The van der Waals surface area contributed by atoms with Gasteiger partial charge in [-0.3, -0.25) is 0 Å². The van der Waals surface area contributed by atoms with Gasteiger partial charge in [0.25, 0.3) is 0 Å². The van der Waals surface area contributed by atoms with E-state index in [0.29, 0.717) is 6.61 Å². The molecule has 3 aromatic carbocycles. The van der Waals surface area contributed by atoms with Crippen molar-refractivity contribution in [1.82, 2.24) is 4.90 Å². The van der Waals surface area contributed by atoms with E-state index in [-0.39, 0.29) is 5.92 Å². The Kier molecular flexibility index (Phi) is 7.85. The van der Waals surface area contributed by atoms with Gasteiger partial charge in [0, 0.05) is 12.5 Å². The molecular weight excluding hydrogens is 406 g/mol. The Morgan fingerprint density at radius 1 is 0.818 bits per heavy atom. The first-order valence-corrected chi connectivity index (χ1v) is 12.4. The van der Waals surface area contributed by atoms with Gasteiger partial charge in [0.05, 0.1) is 6.61 Å². The molecule has 33 heavy (non-hydrogen) atoms. The topological polar surface area (TPSA) is 32.7 Å². The Balaban J connectivity index is 1.82. The standard InChI is InChI=1S/C30H37NO2/c1-3-33-28-19-17-27(18-20-28)30(32,26-15-13-24(2)14-16-26)29(25-11-7-6-8-12-25)23-31-21-9-4-5-10-22-31/h6-8,11-20,29,32H,3-5,9-10,21-23H2,1-2H3. The number of rotatable bonds is 8. The second kappa shape index (κ2) is 11.0. The lowest BCUT2D eigenvalue weighted by molar-refractivity contribution is 0.0340. The number of aliphatic hydroxyl groups is 1. The van der Waals surface area contributed by atoms with E-state index in [2.05, 4.69) is 60.4 Å². The minimum Gasteiger partial charge on any atom is -0.494 e. The summed E-state index contributed by atoms with van der Waals surface area (Å²) in [7, 11) is 0. The molecule has 0 saturated carbocycles. The molecule has 0 amide bonds. The molecule has 0 aromatic heterocycles. The van der Waals surface area contributed by atoms with Crippen LogP contribution < -0.4 is 4.74 Å². The third kappa shape index (κ3) is 5.48. The number of aryl methyl sites for hydroxylation is 1. The van der Waals surface area contributed by atoms with Crippen LogP contribution in [0.25, 0.3) is 0 Å². The molecule has 1 fully saturated rings. The van der Waals surface area contributed by atoms with Crippen molar-refractivity contribution in [3.8, 4) is 5.75 Å². The Morgan fingerprint density at radius 2 is 1.39 bits per heavy atom. The van der Waals surface area contributed by atoms with Gasteiger partial charge >= 0.3 is 0 Å². The van der Waals surface area contributed by atoms with E-state index in [1.165, 1.54) is 36.8 Å². The van der Waals surface area contributed by atoms with Crippen molar-refractivity contribution in [2.45, 2.75) is 51.0 Å². The molecule has 3 nitrogen and oxygen atoms in total. The van der Waals surface area contributed by atoms with Crippen LogP contribution in [0, 0.1) is 6.92 Å². The van der Waals surface area contributed by atoms with Gasteiger partial charge in [-0.2, -0.15) is 0 Å². The van der Waals surface area contributed by atoms with Gasteiger partial charge < -0.3 is 14.7 Å². The van der Waals surface area contributed by atoms with Crippen LogP contribution in [0.15, 0.2) is 78.9 Å². The molecule has 1 heterocycles. The fourth-order valence-electron chi connectivity index (χ4n) is 5.09. The molecule has 2 atom stereocenters. The molecule has 1 aliphatic heterocycles. The highest BCUT2D eigenvalue weighted by molar-refractivity contribution is 5.44. The van der Waals surface area contributed by atoms with Gasteiger partial charge in [-0.25, -0.2) is 0 Å². The van der Waals surface area contributed by atoms with Gasteiger partial charge in [0.1, 0.15) is 11.4 Å². The largest absolute Gasteiger partial charge is 0.494 e. The van der Waals surface area contributed by atoms with E-state index in [1.54, 1.807) is 0 Å². The molecule has 2 unspecified atom stereocenters. The number of nitrogens with zero attached hydrogens (tertiary/aromatic N) is 1. The van der Waals surface area contributed by atoms with Crippen LogP contribution in [-0.2, 0) is 5.60 Å². The van der Waals surface area contributed by atoms with E-state index in [1.807, 2.05) is 37.3 Å². The van der Waals surface area contributed by atoms with Crippen molar-refractivity contribution in [2.24, 2.45) is 0 Å². The molecule has 0 aliphatic carbocycles. The van der Waals surface area contributed by atoms with Crippen molar-refractivity contribution in [3.05, 3.63) is 101 Å². The summed E-state index contributed by atoms with van der Waals surface area (Å²) in [6, 6.07) is 26.9. The van der Waals surface area contributed by atoms with Crippen LogP contribution >= 0.6 is 0 Å². The highest BCUT2D eigenvalue weighted by atomic mass is 16.5. The fourth-order valence-corrected chi connectivity index (χ4v) is 5.09. The Labute approximate surface area is 199 Å². The van der Waals surface area contributed by atoms with Crippen LogP contribution in [0.4, 0.5) is 0 Å². The summed E-state index contributed by atoms with van der Waals surface area (Å²) in [4.78, 5) is 2.55. The maximum Gasteiger partial charge on any atom is 0.123 e. The molecule has 4 rings (SSSR count). The van der Waals surface area contributed by atoms with E-state index in [0.717, 1.165) is 36.5 Å². The maximum absolute atomic E-state index is 12.7. The maximum atomic E-state index is 12.7. The predicted molar refractivity (Wildman–Crippen MR) is 136 cm³/mol. The molecule has 1 N–H and O–H groups in total. The van der Waals surface area contributed by atoms with Crippen molar-refractivity contribution in [2.75, 3.05) is 26.2 Å². The zero-order valence-electron chi connectivity index (χ0n) is 20.0. The summed E-state index contributed by atoms with van der Waals surface area (Å²) in [6.07, 6.45) is 5.06. The minimum absolute atomic E-state index is 0.0996. The normalized spacial score (nSPS) is 17.7. The first-order chi connectivity index (χ1) is 16.1. The first kappa shape index (κ1) is 23.5. The second-order valence-corrected chi connectivity index (χ2v) is 9.27. The highest BCUT2D eigenvalue weighted by Crippen LogP contribution is 2.44. The molecule has 0 bridgehead atoms. The third-order valence-corrected chi connectivity index (χ3v) is 6.94. The van der Waals surface area contributed by atoms with Crippen molar-refractivity contribution in [3.63, 3.8) is 0 Å². The molecule has 174 valence electrons. The summed E-state index contributed by atoms with van der Waals surface area (Å²) in [5.41, 5.74) is 3.03. The molecule has 0 spiro atoms. The summed E-state index contributed by atoms with van der Waals surface area (Å²) in [5, 5.41) is 12.7. The molecule has 1 aliphatic rings. The second-order valence-electron chi connectivity index (χ2n) is 9.27. The monoisotopic (exact) mass is 443 g/mol. The smallest absolute Gasteiger partial charge is 0.123 e. The van der Waals surface area contributed by atoms with E-state index in [4.69, 9.17) is 4.74 Å². The summed E-state index contributed by atoms with van der Waals surface area (Å²) in [5.74, 6) is 0.730. The van der Waals surface area contributed by atoms with Crippen LogP contribution in [0.1, 0.15) is 60.8 Å². The van der Waals surface area contributed by atoms with Crippen molar-refractivity contribution >= 4 is 0 Å². The van der Waals surface area contributed by atoms with Gasteiger partial charge in [-0.05, 0) is 68.6 Å². The fraction of sp³-hybridized carbons (Fsp3) is 0.400. The lowest BCUT2D eigenvalue weighted by Crippen LogP contribution is -2.42. The van der Waals surface area contributed by atoms with Gasteiger partial charge in [0.15, 0.2) is 0 Å². The summed E-state index contributed by atoms with van der Waals surface area (Å²) >= 11 is 0. The molecule has 0 radical (unpaired) electrons. The van der Waals surface area contributed by atoms with Crippen LogP contribution in [0.5, 0.6) is 5.75 Å². The Hall–Kier alpha value is -2.62. The highest BCUT2D eigenvalue weighted by Gasteiger charge is 2.42.